The third kappa shape index (κ3) is 3.86. The quantitative estimate of drug-likeness (QED) is 0.651. The molecule has 1 saturated carbocycles. The number of benzene rings is 1. The molecule has 2 rings (SSSR count). The molecular formula is C16H24N2O3. The van der Waals surface area contributed by atoms with Crippen molar-refractivity contribution in [3.63, 3.8) is 0 Å². The minimum Gasteiger partial charge on any atom is -0.487 e. The Bertz CT molecular complexity index is 504. The normalized spacial score (nSPS) is 25.4. The standard InChI is InChI=1S/C16H24N2O3/c1-4-21-16-10-13(6-8-15(16)18(19)20)17-14-7-5-11(2)9-12(14)3/h6,8,10-12,14,17H,4-5,7,9H2,1-3H3. The molecule has 5 heteroatoms. The smallest absolute Gasteiger partial charge is 0.311 e. The van der Waals surface area contributed by atoms with E-state index >= 15 is 0 Å². The molecule has 1 fully saturated rings. The van der Waals surface area contributed by atoms with Crippen molar-refractivity contribution in [1.29, 1.82) is 0 Å². The fourth-order valence-electron chi connectivity index (χ4n) is 3.12. The molecule has 0 aliphatic heterocycles. The van der Waals surface area contributed by atoms with Crippen LogP contribution in [-0.4, -0.2) is 17.6 Å². The number of nitro groups is 1. The lowest BCUT2D eigenvalue weighted by atomic mass is 9.80. The van der Waals surface area contributed by atoms with Crippen LogP contribution in [0.25, 0.3) is 0 Å². The first-order valence-electron chi connectivity index (χ1n) is 7.69. The van der Waals surface area contributed by atoms with Gasteiger partial charge in [-0.15, -0.1) is 0 Å². The van der Waals surface area contributed by atoms with Crippen LogP contribution in [0.3, 0.4) is 0 Å². The van der Waals surface area contributed by atoms with Gasteiger partial charge in [-0.2, -0.15) is 0 Å². The average Bonchev–Trinajstić information content (AvgIpc) is 2.42. The van der Waals surface area contributed by atoms with Crippen molar-refractivity contribution in [2.45, 2.75) is 46.1 Å². The lowest BCUT2D eigenvalue weighted by molar-refractivity contribution is -0.385. The Labute approximate surface area is 125 Å². The molecule has 1 aliphatic rings. The molecule has 0 radical (unpaired) electrons. The van der Waals surface area contributed by atoms with Gasteiger partial charge in [0.1, 0.15) is 0 Å². The third-order valence-electron chi connectivity index (χ3n) is 4.24. The largest absolute Gasteiger partial charge is 0.487 e. The molecule has 0 spiro atoms. The monoisotopic (exact) mass is 292 g/mol. The molecule has 0 heterocycles. The summed E-state index contributed by atoms with van der Waals surface area (Å²) in [6, 6.07) is 5.46. The molecule has 3 atom stereocenters. The van der Waals surface area contributed by atoms with Crippen molar-refractivity contribution in [3.05, 3.63) is 28.3 Å². The highest BCUT2D eigenvalue weighted by Gasteiger charge is 2.25. The van der Waals surface area contributed by atoms with Gasteiger partial charge in [0.15, 0.2) is 5.75 Å². The molecule has 5 nitrogen and oxygen atoms in total. The van der Waals surface area contributed by atoms with Crippen molar-refractivity contribution in [3.8, 4) is 5.75 Å². The Hall–Kier alpha value is -1.78. The zero-order valence-corrected chi connectivity index (χ0v) is 13.0. The zero-order chi connectivity index (χ0) is 15.4. The van der Waals surface area contributed by atoms with Crippen LogP contribution < -0.4 is 10.1 Å². The first-order chi connectivity index (χ1) is 10.0. The van der Waals surface area contributed by atoms with Gasteiger partial charge in [0, 0.05) is 23.9 Å². The summed E-state index contributed by atoms with van der Waals surface area (Å²) in [4.78, 5) is 10.6. The Kier molecular flexibility index (Phi) is 5.04. The highest BCUT2D eigenvalue weighted by atomic mass is 16.6. The van der Waals surface area contributed by atoms with E-state index < -0.39 is 4.92 Å². The number of ether oxygens (including phenoxy) is 1. The Balaban J connectivity index is 2.13. The second-order valence-electron chi connectivity index (χ2n) is 6.02. The summed E-state index contributed by atoms with van der Waals surface area (Å²) in [5.74, 6) is 1.73. The topological polar surface area (TPSA) is 64.4 Å². The van der Waals surface area contributed by atoms with Crippen LogP contribution in [0.1, 0.15) is 40.0 Å². The number of nitro benzene ring substituents is 1. The number of nitrogens with zero attached hydrogens (tertiary/aromatic N) is 1. The molecule has 3 unspecified atom stereocenters. The van der Waals surface area contributed by atoms with Crippen LogP contribution in [0.2, 0.25) is 0 Å². The van der Waals surface area contributed by atoms with Gasteiger partial charge in [0.25, 0.3) is 0 Å². The third-order valence-corrected chi connectivity index (χ3v) is 4.24. The summed E-state index contributed by atoms with van der Waals surface area (Å²) in [5.41, 5.74) is 0.920. The molecule has 1 aromatic carbocycles. The van der Waals surface area contributed by atoms with E-state index in [1.807, 2.05) is 6.92 Å². The zero-order valence-electron chi connectivity index (χ0n) is 13.0. The van der Waals surface area contributed by atoms with Crippen molar-refractivity contribution < 1.29 is 9.66 Å². The van der Waals surface area contributed by atoms with Crippen LogP contribution in [0.4, 0.5) is 11.4 Å². The summed E-state index contributed by atoms with van der Waals surface area (Å²) in [5, 5.41) is 14.5. The van der Waals surface area contributed by atoms with Crippen molar-refractivity contribution in [1.82, 2.24) is 0 Å². The summed E-state index contributed by atoms with van der Waals surface area (Å²) >= 11 is 0. The van der Waals surface area contributed by atoms with Crippen LogP contribution in [0, 0.1) is 22.0 Å². The van der Waals surface area contributed by atoms with Gasteiger partial charge in [-0.1, -0.05) is 13.8 Å². The van der Waals surface area contributed by atoms with Gasteiger partial charge in [-0.3, -0.25) is 10.1 Å². The van der Waals surface area contributed by atoms with Crippen LogP contribution in [0.5, 0.6) is 5.75 Å². The number of rotatable bonds is 5. The summed E-state index contributed by atoms with van der Waals surface area (Å²) in [6.07, 6.45) is 3.60. The predicted octanol–water partition coefficient (Wildman–Crippen LogP) is 4.23. The lowest BCUT2D eigenvalue weighted by Gasteiger charge is -2.33. The summed E-state index contributed by atoms with van der Waals surface area (Å²) in [6.45, 7) is 6.81. The minimum absolute atomic E-state index is 0.0210. The van der Waals surface area contributed by atoms with Crippen LogP contribution >= 0.6 is 0 Å². The number of anilines is 1. The number of hydrogen-bond acceptors (Lipinski definition) is 4. The summed E-state index contributed by atoms with van der Waals surface area (Å²) < 4.78 is 5.39. The van der Waals surface area contributed by atoms with E-state index in [9.17, 15) is 10.1 Å². The molecule has 116 valence electrons. The van der Waals surface area contributed by atoms with Crippen molar-refractivity contribution in [2.75, 3.05) is 11.9 Å². The highest BCUT2D eigenvalue weighted by molar-refractivity contribution is 5.58. The maximum Gasteiger partial charge on any atom is 0.311 e. The van der Waals surface area contributed by atoms with Crippen molar-refractivity contribution >= 4 is 11.4 Å². The second kappa shape index (κ2) is 6.78. The van der Waals surface area contributed by atoms with E-state index in [0.29, 0.717) is 24.3 Å². The molecule has 0 amide bonds. The second-order valence-corrected chi connectivity index (χ2v) is 6.02. The highest BCUT2D eigenvalue weighted by Crippen LogP contribution is 2.34. The van der Waals surface area contributed by atoms with E-state index in [4.69, 9.17) is 4.74 Å². The maximum absolute atomic E-state index is 11.0. The molecule has 0 aromatic heterocycles. The Morgan fingerprint density at radius 2 is 2.14 bits per heavy atom. The predicted molar refractivity (Wildman–Crippen MR) is 83.9 cm³/mol. The Morgan fingerprint density at radius 1 is 1.38 bits per heavy atom. The molecule has 0 bridgehead atoms. The first kappa shape index (κ1) is 15.6. The molecule has 21 heavy (non-hydrogen) atoms. The van der Waals surface area contributed by atoms with Gasteiger partial charge in [0.2, 0.25) is 0 Å². The van der Waals surface area contributed by atoms with Crippen molar-refractivity contribution in [2.24, 2.45) is 11.8 Å². The van der Waals surface area contributed by atoms with Gasteiger partial charge >= 0.3 is 5.69 Å². The van der Waals surface area contributed by atoms with Gasteiger partial charge in [-0.25, -0.2) is 0 Å². The first-order valence-corrected chi connectivity index (χ1v) is 7.69. The lowest BCUT2D eigenvalue weighted by Crippen LogP contribution is -2.32. The van der Waals surface area contributed by atoms with E-state index in [0.717, 1.165) is 18.0 Å². The molecular weight excluding hydrogens is 268 g/mol. The maximum atomic E-state index is 11.0. The van der Waals surface area contributed by atoms with Crippen LogP contribution in [0.15, 0.2) is 18.2 Å². The van der Waals surface area contributed by atoms with Gasteiger partial charge in [-0.05, 0) is 44.1 Å². The van der Waals surface area contributed by atoms with E-state index in [2.05, 4.69) is 19.2 Å². The van der Waals surface area contributed by atoms with E-state index in [1.54, 1.807) is 12.1 Å². The minimum atomic E-state index is -0.403. The SMILES string of the molecule is CCOc1cc(NC2CCC(C)CC2C)ccc1[N+](=O)[O-]. The fraction of sp³-hybridized carbons (Fsp3) is 0.625. The van der Waals surface area contributed by atoms with E-state index in [-0.39, 0.29) is 5.69 Å². The molecule has 1 aliphatic carbocycles. The molecule has 0 saturated heterocycles. The fourth-order valence-corrected chi connectivity index (χ4v) is 3.12. The Morgan fingerprint density at radius 3 is 2.76 bits per heavy atom. The number of hydrogen-bond donors (Lipinski definition) is 1. The van der Waals surface area contributed by atoms with Crippen LogP contribution in [-0.2, 0) is 0 Å². The average molecular weight is 292 g/mol. The summed E-state index contributed by atoms with van der Waals surface area (Å²) in [7, 11) is 0. The van der Waals surface area contributed by atoms with Gasteiger partial charge < -0.3 is 10.1 Å². The van der Waals surface area contributed by atoms with Gasteiger partial charge in [0.05, 0.1) is 11.5 Å². The number of nitrogens with one attached hydrogen (secondary N) is 1. The molecule has 1 N–H and O–H groups in total. The van der Waals surface area contributed by atoms with E-state index in [1.165, 1.54) is 18.9 Å². The molecule has 1 aromatic rings.